The number of nitrogens with zero attached hydrogens (tertiary/aromatic N) is 3. The number of rotatable bonds is 2. The molecule has 2 rings (SSSR count). The van der Waals surface area contributed by atoms with E-state index in [1.54, 1.807) is 22.9 Å². The number of nitriles is 1. The third kappa shape index (κ3) is 1.97. The van der Waals surface area contributed by atoms with E-state index in [0.717, 1.165) is 0 Å². The lowest BCUT2D eigenvalue weighted by Crippen LogP contribution is -2.04. The monoisotopic (exact) mass is 279 g/mol. The molecule has 0 bridgehead atoms. The van der Waals surface area contributed by atoms with Gasteiger partial charge in [0.05, 0.1) is 6.54 Å². The van der Waals surface area contributed by atoms with Crippen molar-refractivity contribution < 1.29 is 4.39 Å². The molecule has 0 aliphatic rings. The molecule has 5 heteroatoms. The van der Waals surface area contributed by atoms with Crippen molar-refractivity contribution in [3.05, 3.63) is 52.3 Å². The lowest BCUT2D eigenvalue weighted by molar-refractivity contribution is 0.596. The van der Waals surface area contributed by atoms with Crippen LogP contribution in [0, 0.1) is 17.1 Å². The van der Waals surface area contributed by atoms with Gasteiger partial charge >= 0.3 is 0 Å². The van der Waals surface area contributed by atoms with E-state index in [1.807, 2.05) is 6.07 Å². The summed E-state index contributed by atoms with van der Waals surface area (Å²) in [6.07, 6.45) is 3.17. The Labute approximate surface area is 100 Å². The van der Waals surface area contributed by atoms with Gasteiger partial charge in [0, 0.05) is 22.4 Å². The number of hydrogen-bond donors (Lipinski definition) is 0. The highest BCUT2D eigenvalue weighted by Gasteiger charge is 2.09. The minimum atomic E-state index is -0.299. The van der Waals surface area contributed by atoms with Crippen molar-refractivity contribution in [1.82, 2.24) is 9.55 Å². The molecule has 1 heterocycles. The number of benzene rings is 1. The molecule has 1 aromatic heterocycles. The van der Waals surface area contributed by atoms with Crippen LogP contribution in [0.4, 0.5) is 4.39 Å². The minimum Gasteiger partial charge on any atom is -0.318 e. The predicted octanol–water partition coefficient (Wildman–Crippen LogP) is 2.70. The van der Waals surface area contributed by atoms with Gasteiger partial charge in [0.25, 0.3) is 0 Å². The van der Waals surface area contributed by atoms with Crippen LogP contribution in [-0.4, -0.2) is 9.55 Å². The summed E-state index contributed by atoms with van der Waals surface area (Å²) in [6, 6.07) is 6.73. The first-order valence-electron chi connectivity index (χ1n) is 4.56. The zero-order chi connectivity index (χ0) is 11.5. The van der Waals surface area contributed by atoms with Crippen LogP contribution >= 0.6 is 15.9 Å². The normalized spacial score (nSPS) is 10.1. The molecular weight excluding hydrogens is 273 g/mol. The van der Waals surface area contributed by atoms with Crippen molar-refractivity contribution in [2.24, 2.45) is 0 Å². The smallest absolute Gasteiger partial charge is 0.213 e. The number of imidazole rings is 1. The molecule has 0 N–H and O–H groups in total. The Morgan fingerprint density at radius 2 is 2.31 bits per heavy atom. The first kappa shape index (κ1) is 10.8. The van der Waals surface area contributed by atoms with Gasteiger partial charge in [0.1, 0.15) is 11.9 Å². The molecule has 0 unspecified atom stereocenters. The maximum absolute atomic E-state index is 13.5. The van der Waals surface area contributed by atoms with Gasteiger partial charge < -0.3 is 4.57 Å². The van der Waals surface area contributed by atoms with Crippen molar-refractivity contribution in [3.8, 4) is 6.07 Å². The van der Waals surface area contributed by atoms with E-state index >= 15 is 0 Å². The van der Waals surface area contributed by atoms with Crippen LogP contribution in [0.25, 0.3) is 0 Å². The Kier molecular flexibility index (Phi) is 3.02. The fourth-order valence-electron chi connectivity index (χ4n) is 1.40. The van der Waals surface area contributed by atoms with Crippen LogP contribution in [-0.2, 0) is 6.54 Å². The Hall–Kier alpha value is -1.67. The van der Waals surface area contributed by atoms with Crippen LogP contribution in [0.2, 0.25) is 0 Å². The molecule has 3 nitrogen and oxygen atoms in total. The summed E-state index contributed by atoms with van der Waals surface area (Å²) in [5, 5.41) is 8.79. The standard InChI is InChI=1S/C11H7BrFN3/c12-9-2-1-3-10(13)8(9)7-16-5-4-15-11(16)6-14/h1-5H,7H2. The van der Waals surface area contributed by atoms with Crippen LogP contribution in [0.5, 0.6) is 0 Å². The Bertz CT molecular complexity index is 536. The summed E-state index contributed by atoms with van der Waals surface area (Å²) in [5.41, 5.74) is 0.511. The summed E-state index contributed by atoms with van der Waals surface area (Å²) in [7, 11) is 0. The van der Waals surface area contributed by atoms with E-state index in [9.17, 15) is 4.39 Å². The summed E-state index contributed by atoms with van der Waals surface area (Å²) >= 11 is 3.28. The minimum absolute atomic E-state index is 0.273. The highest BCUT2D eigenvalue weighted by molar-refractivity contribution is 9.10. The zero-order valence-electron chi connectivity index (χ0n) is 8.19. The van der Waals surface area contributed by atoms with Gasteiger partial charge in [-0.25, -0.2) is 9.37 Å². The summed E-state index contributed by atoms with van der Waals surface area (Å²) in [6.45, 7) is 0.288. The second-order valence-electron chi connectivity index (χ2n) is 3.19. The Balaban J connectivity index is 2.38. The van der Waals surface area contributed by atoms with Crippen LogP contribution in [0.1, 0.15) is 11.4 Å². The molecule has 0 saturated heterocycles. The number of halogens is 2. The number of aromatic nitrogens is 2. The molecule has 0 saturated carbocycles. The van der Waals surface area contributed by atoms with Crippen molar-refractivity contribution in [3.63, 3.8) is 0 Å². The highest BCUT2D eigenvalue weighted by atomic mass is 79.9. The van der Waals surface area contributed by atoms with Crippen LogP contribution < -0.4 is 0 Å². The van der Waals surface area contributed by atoms with Crippen LogP contribution in [0.15, 0.2) is 35.1 Å². The number of hydrogen-bond acceptors (Lipinski definition) is 2. The molecule has 2 aromatic rings. The first-order valence-corrected chi connectivity index (χ1v) is 5.36. The largest absolute Gasteiger partial charge is 0.318 e. The van der Waals surface area contributed by atoms with Crippen LogP contribution in [0.3, 0.4) is 0 Å². The Morgan fingerprint density at radius 1 is 1.50 bits per heavy atom. The topological polar surface area (TPSA) is 41.6 Å². The maximum atomic E-state index is 13.5. The molecular formula is C11H7BrFN3. The van der Waals surface area contributed by atoms with E-state index < -0.39 is 0 Å². The molecule has 0 atom stereocenters. The molecule has 0 spiro atoms. The van der Waals surface area contributed by atoms with Crippen molar-refractivity contribution in [2.45, 2.75) is 6.54 Å². The average molecular weight is 280 g/mol. The van der Waals surface area contributed by atoms with E-state index in [2.05, 4.69) is 20.9 Å². The fourth-order valence-corrected chi connectivity index (χ4v) is 1.87. The predicted molar refractivity (Wildman–Crippen MR) is 60.1 cm³/mol. The first-order chi connectivity index (χ1) is 7.72. The van der Waals surface area contributed by atoms with Crippen molar-refractivity contribution in [2.75, 3.05) is 0 Å². The third-order valence-electron chi connectivity index (χ3n) is 2.21. The molecule has 1 aromatic carbocycles. The SMILES string of the molecule is N#Cc1nccn1Cc1c(F)cccc1Br. The summed E-state index contributed by atoms with van der Waals surface area (Å²) in [4.78, 5) is 3.85. The van der Waals surface area contributed by atoms with Gasteiger partial charge in [0.2, 0.25) is 5.82 Å². The molecule has 80 valence electrons. The second-order valence-corrected chi connectivity index (χ2v) is 4.05. The Morgan fingerprint density at radius 3 is 3.00 bits per heavy atom. The van der Waals surface area contributed by atoms with E-state index in [0.29, 0.717) is 10.0 Å². The third-order valence-corrected chi connectivity index (χ3v) is 2.95. The molecule has 0 radical (unpaired) electrons. The molecule has 0 aliphatic heterocycles. The lowest BCUT2D eigenvalue weighted by atomic mass is 10.2. The summed E-state index contributed by atoms with van der Waals surface area (Å²) in [5.74, 6) is -0.0258. The quantitative estimate of drug-likeness (QED) is 0.848. The van der Waals surface area contributed by atoms with Crippen molar-refractivity contribution >= 4 is 15.9 Å². The van der Waals surface area contributed by atoms with Gasteiger partial charge in [-0.05, 0) is 12.1 Å². The fraction of sp³-hybridized carbons (Fsp3) is 0.0909. The van der Waals surface area contributed by atoms with Gasteiger partial charge in [-0.1, -0.05) is 22.0 Å². The van der Waals surface area contributed by atoms with Gasteiger partial charge in [-0.2, -0.15) is 5.26 Å². The summed E-state index contributed by atoms with van der Waals surface area (Å²) < 4.78 is 15.8. The van der Waals surface area contributed by atoms with E-state index in [1.165, 1.54) is 12.3 Å². The molecule has 0 aliphatic carbocycles. The van der Waals surface area contributed by atoms with Gasteiger partial charge in [-0.3, -0.25) is 0 Å². The van der Waals surface area contributed by atoms with E-state index in [-0.39, 0.29) is 18.2 Å². The maximum Gasteiger partial charge on any atom is 0.213 e. The molecule has 0 fully saturated rings. The molecule has 0 amide bonds. The van der Waals surface area contributed by atoms with Gasteiger partial charge in [-0.15, -0.1) is 0 Å². The lowest BCUT2D eigenvalue weighted by Gasteiger charge is -2.07. The van der Waals surface area contributed by atoms with E-state index in [4.69, 9.17) is 5.26 Å². The van der Waals surface area contributed by atoms with Gasteiger partial charge in [0.15, 0.2) is 0 Å². The average Bonchev–Trinajstić information content (AvgIpc) is 2.71. The molecule has 16 heavy (non-hydrogen) atoms. The second kappa shape index (κ2) is 4.45. The zero-order valence-corrected chi connectivity index (χ0v) is 9.78. The van der Waals surface area contributed by atoms with Crippen molar-refractivity contribution in [1.29, 1.82) is 5.26 Å². The highest BCUT2D eigenvalue weighted by Crippen LogP contribution is 2.20.